The van der Waals surface area contributed by atoms with Gasteiger partial charge in [-0.05, 0) is 31.5 Å². The van der Waals surface area contributed by atoms with E-state index in [-0.39, 0.29) is 12.2 Å². The summed E-state index contributed by atoms with van der Waals surface area (Å²) >= 11 is 5.78. The molecule has 1 aromatic rings. The largest absolute Gasteiger partial charge is 0.464 e. The molecule has 0 spiro atoms. The zero-order chi connectivity index (χ0) is 12.3. The lowest BCUT2D eigenvalue weighted by atomic mass is 10.1. The normalized spacial score (nSPS) is 12.3. The highest BCUT2D eigenvalue weighted by Crippen LogP contribution is 2.25. The van der Waals surface area contributed by atoms with Gasteiger partial charge >= 0.3 is 5.97 Å². The Hall–Kier alpha value is -1.13. The molecule has 0 saturated carbocycles. The Kier molecular flexibility index (Phi) is 4.26. The molecule has 0 saturated heterocycles. The second kappa shape index (κ2) is 5.27. The molecule has 0 heterocycles. The molecule has 0 aromatic heterocycles. The molecular weight excluding hydrogens is 235 g/mol. The van der Waals surface area contributed by atoms with Crippen LogP contribution in [0.15, 0.2) is 12.1 Å². The van der Waals surface area contributed by atoms with Gasteiger partial charge in [0.2, 0.25) is 0 Å². The molecule has 88 valence electrons. The zero-order valence-corrected chi connectivity index (χ0v) is 9.71. The smallest absolute Gasteiger partial charge is 0.339 e. The van der Waals surface area contributed by atoms with Crippen molar-refractivity contribution >= 4 is 17.6 Å². The fourth-order valence-corrected chi connectivity index (χ4v) is 1.39. The Bertz CT molecular complexity index is 406. The molecule has 0 bridgehead atoms. The van der Waals surface area contributed by atoms with Crippen LogP contribution in [-0.4, -0.2) is 17.7 Å². The minimum absolute atomic E-state index is 0.122. The first-order valence-corrected chi connectivity index (χ1v) is 5.15. The fraction of sp³-hybridized carbons (Fsp3) is 0.364. The average molecular weight is 247 g/mol. The van der Waals surface area contributed by atoms with Crippen molar-refractivity contribution in [1.29, 1.82) is 0 Å². The molecule has 0 aliphatic rings. The Balaban J connectivity index is 3.04. The van der Waals surface area contributed by atoms with Gasteiger partial charge in [-0.25, -0.2) is 9.18 Å². The van der Waals surface area contributed by atoms with Crippen LogP contribution in [0.2, 0.25) is 5.02 Å². The molecule has 0 radical (unpaired) electrons. The van der Waals surface area contributed by atoms with Gasteiger partial charge in [0, 0.05) is 10.6 Å². The molecule has 5 heteroatoms. The number of aliphatic hydroxyl groups is 1. The summed E-state index contributed by atoms with van der Waals surface area (Å²) in [7, 11) is 0. The first-order valence-electron chi connectivity index (χ1n) is 4.77. The van der Waals surface area contributed by atoms with Crippen LogP contribution in [0.1, 0.15) is 24.2 Å². The van der Waals surface area contributed by atoms with E-state index >= 15 is 0 Å². The van der Waals surface area contributed by atoms with E-state index in [0.717, 1.165) is 0 Å². The number of aryl methyl sites for hydroxylation is 1. The summed E-state index contributed by atoms with van der Waals surface area (Å²) in [6.07, 6.45) is -1.64. The van der Waals surface area contributed by atoms with Crippen molar-refractivity contribution in [3.8, 4) is 0 Å². The molecule has 1 unspecified atom stereocenters. The van der Waals surface area contributed by atoms with Crippen LogP contribution in [0.3, 0.4) is 0 Å². The number of aliphatic hydroxyl groups excluding tert-OH is 1. The van der Waals surface area contributed by atoms with Gasteiger partial charge in [0.25, 0.3) is 0 Å². The van der Waals surface area contributed by atoms with Crippen LogP contribution >= 0.6 is 11.6 Å². The van der Waals surface area contributed by atoms with Crippen LogP contribution in [0, 0.1) is 12.7 Å². The van der Waals surface area contributed by atoms with E-state index in [1.54, 1.807) is 13.8 Å². The second-order valence-electron chi connectivity index (χ2n) is 3.28. The molecule has 1 N–H and O–H groups in total. The summed E-state index contributed by atoms with van der Waals surface area (Å²) in [4.78, 5) is 11.2. The number of rotatable bonds is 3. The highest BCUT2D eigenvalue weighted by atomic mass is 35.5. The van der Waals surface area contributed by atoms with E-state index < -0.39 is 17.9 Å². The highest BCUT2D eigenvalue weighted by Gasteiger charge is 2.22. The van der Waals surface area contributed by atoms with Crippen molar-refractivity contribution < 1.29 is 19.0 Å². The number of hydrogen-bond acceptors (Lipinski definition) is 3. The van der Waals surface area contributed by atoms with Crippen LogP contribution in [0.4, 0.5) is 4.39 Å². The molecule has 1 rings (SSSR count). The number of esters is 1. The van der Waals surface area contributed by atoms with Gasteiger partial charge in [-0.1, -0.05) is 11.6 Å². The summed E-state index contributed by atoms with van der Waals surface area (Å²) in [6, 6.07) is 2.40. The van der Waals surface area contributed by atoms with Crippen LogP contribution in [-0.2, 0) is 9.53 Å². The van der Waals surface area contributed by atoms with Gasteiger partial charge in [-0.2, -0.15) is 0 Å². The topological polar surface area (TPSA) is 46.5 Å². The third-order valence-corrected chi connectivity index (χ3v) is 2.49. The first kappa shape index (κ1) is 12.9. The minimum Gasteiger partial charge on any atom is -0.464 e. The van der Waals surface area contributed by atoms with Gasteiger partial charge in [0.15, 0.2) is 6.10 Å². The molecule has 1 aromatic carbocycles. The maximum absolute atomic E-state index is 13.5. The van der Waals surface area contributed by atoms with Crippen LogP contribution in [0.5, 0.6) is 0 Å². The molecule has 3 nitrogen and oxygen atoms in total. The van der Waals surface area contributed by atoms with Gasteiger partial charge in [-0.3, -0.25) is 0 Å². The number of carbonyl (C=O) groups is 1. The second-order valence-corrected chi connectivity index (χ2v) is 3.68. The summed E-state index contributed by atoms with van der Waals surface area (Å²) in [5, 5.41) is 9.83. The summed E-state index contributed by atoms with van der Waals surface area (Å²) in [6.45, 7) is 3.35. The number of benzene rings is 1. The van der Waals surface area contributed by atoms with Crippen LogP contribution < -0.4 is 0 Å². The van der Waals surface area contributed by atoms with E-state index in [0.29, 0.717) is 10.6 Å². The monoisotopic (exact) mass is 246 g/mol. The lowest BCUT2D eigenvalue weighted by molar-refractivity contribution is -0.153. The Morgan fingerprint density at radius 2 is 2.25 bits per heavy atom. The van der Waals surface area contributed by atoms with E-state index in [1.807, 2.05) is 0 Å². The third kappa shape index (κ3) is 2.71. The SMILES string of the molecule is CCOC(=O)C(O)c1cc(Cl)c(C)cc1F. The predicted octanol–water partition coefficient (Wildman–Crippen LogP) is 2.38. The predicted molar refractivity (Wildman–Crippen MR) is 57.7 cm³/mol. The van der Waals surface area contributed by atoms with Crippen molar-refractivity contribution in [2.75, 3.05) is 6.61 Å². The third-order valence-electron chi connectivity index (χ3n) is 2.08. The van der Waals surface area contributed by atoms with E-state index in [1.165, 1.54) is 12.1 Å². The molecule has 0 aliphatic heterocycles. The minimum atomic E-state index is -1.64. The number of halogens is 2. The van der Waals surface area contributed by atoms with Gasteiger partial charge in [0.05, 0.1) is 6.61 Å². The maximum Gasteiger partial charge on any atom is 0.339 e. The molecule has 16 heavy (non-hydrogen) atoms. The zero-order valence-electron chi connectivity index (χ0n) is 8.96. The van der Waals surface area contributed by atoms with Gasteiger partial charge in [0.1, 0.15) is 5.82 Å². The maximum atomic E-state index is 13.5. The van der Waals surface area contributed by atoms with Gasteiger partial charge < -0.3 is 9.84 Å². The van der Waals surface area contributed by atoms with Crippen molar-refractivity contribution in [1.82, 2.24) is 0 Å². The molecular formula is C11H12ClFO3. The van der Waals surface area contributed by atoms with Crippen molar-refractivity contribution in [2.24, 2.45) is 0 Å². The molecule has 1 atom stereocenters. The van der Waals surface area contributed by atoms with E-state index in [9.17, 15) is 14.3 Å². The molecule has 0 aliphatic carbocycles. The Labute approximate surface area is 97.8 Å². The van der Waals surface area contributed by atoms with Gasteiger partial charge in [-0.15, -0.1) is 0 Å². The lowest BCUT2D eigenvalue weighted by Gasteiger charge is -2.12. The highest BCUT2D eigenvalue weighted by molar-refractivity contribution is 6.31. The van der Waals surface area contributed by atoms with Crippen molar-refractivity contribution in [3.63, 3.8) is 0 Å². The average Bonchev–Trinajstić information content (AvgIpc) is 2.23. The first-order chi connectivity index (χ1) is 7.47. The quantitative estimate of drug-likeness (QED) is 0.833. The summed E-state index contributed by atoms with van der Waals surface area (Å²) < 4.78 is 18.0. The van der Waals surface area contributed by atoms with E-state index in [2.05, 4.69) is 4.74 Å². The standard InChI is InChI=1S/C11H12ClFO3/c1-3-16-11(15)10(14)7-5-8(12)6(2)4-9(7)13/h4-5,10,14H,3H2,1-2H3. The number of hydrogen-bond donors (Lipinski definition) is 1. The Morgan fingerprint density at radius 1 is 1.62 bits per heavy atom. The van der Waals surface area contributed by atoms with Crippen molar-refractivity contribution in [2.45, 2.75) is 20.0 Å². The fourth-order valence-electron chi connectivity index (χ4n) is 1.22. The lowest BCUT2D eigenvalue weighted by Crippen LogP contribution is -2.16. The molecule has 0 amide bonds. The van der Waals surface area contributed by atoms with E-state index in [4.69, 9.17) is 11.6 Å². The Morgan fingerprint density at radius 3 is 2.81 bits per heavy atom. The number of carbonyl (C=O) groups excluding carboxylic acids is 1. The van der Waals surface area contributed by atoms with Crippen LogP contribution in [0.25, 0.3) is 0 Å². The summed E-state index contributed by atoms with van der Waals surface area (Å²) in [5.41, 5.74) is 0.369. The summed E-state index contributed by atoms with van der Waals surface area (Å²) in [5.74, 6) is -1.57. The molecule has 0 fully saturated rings. The number of ether oxygens (including phenoxy) is 1. The van der Waals surface area contributed by atoms with Crippen molar-refractivity contribution in [3.05, 3.63) is 34.1 Å².